The van der Waals surface area contributed by atoms with Crippen LogP contribution in [0.2, 0.25) is 0 Å². The number of Topliss-reactive ketones (excluding diaryl/α,β-unsaturated/α-hetero) is 1. The summed E-state index contributed by atoms with van der Waals surface area (Å²) < 4.78 is 12.8. The van der Waals surface area contributed by atoms with Gasteiger partial charge < -0.3 is 4.90 Å². The number of rotatable bonds is 5. The van der Waals surface area contributed by atoms with Crippen LogP contribution in [0.15, 0.2) is 54.6 Å². The average Bonchev–Trinajstić information content (AvgIpc) is 2.46. The summed E-state index contributed by atoms with van der Waals surface area (Å²) in [7, 11) is 1.89. The van der Waals surface area contributed by atoms with Gasteiger partial charge in [0.15, 0.2) is 5.78 Å². The quantitative estimate of drug-likeness (QED) is 0.764. The van der Waals surface area contributed by atoms with E-state index in [1.54, 1.807) is 12.1 Å². The van der Waals surface area contributed by atoms with Crippen molar-refractivity contribution >= 4 is 11.5 Å². The first-order valence-electron chi connectivity index (χ1n) is 6.22. The second-order valence-corrected chi connectivity index (χ2v) is 4.44. The van der Waals surface area contributed by atoms with Crippen LogP contribution in [-0.4, -0.2) is 19.4 Å². The number of ketones is 1. The van der Waals surface area contributed by atoms with Crippen molar-refractivity contribution in [3.8, 4) is 0 Å². The van der Waals surface area contributed by atoms with E-state index in [2.05, 4.69) is 0 Å². The molecule has 0 aliphatic rings. The van der Waals surface area contributed by atoms with E-state index in [1.807, 2.05) is 42.3 Å². The molecule has 0 bridgehead atoms. The maximum absolute atomic E-state index is 12.8. The van der Waals surface area contributed by atoms with Crippen LogP contribution in [0.1, 0.15) is 16.8 Å². The fourth-order valence-corrected chi connectivity index (χ4v) is 1.86. The molecule has 0 atom stereocenters. The van der Waals surface area contributed by atoms with Crippen molar-refractivity contribution in [2.24, 2.45) is 0 Å². The molecule has 0 spiro atoms. The van der Waals surface area contributed by atoms with E-state index in [1.165, 1.54) is 12.1 Å². The highest BCUT2D eigenvalue weighted by molar-refractivity contribution is 5.96. The number of hydrogen-bond donors (Lipinski definition) is 0. The lowest BCUT2D eigenvalue weighted by molar-refractivity contribution is 0.0985. The standard InChI is InChI=1S/C16H16FNO/c1-18(15-9-7-14(17)8-10-15)12-11-16(19)13-5-3-2-4-6-13/h2-10H,11-12H2,1H3. The Morgan fingerprint density at radius 1 is 1.05 bits per heavy atom. The molecule has 2 aromatic rings. The number of benzene rings is 2. The van der Waals surface area contributed by atoms with E-state index in [0.29, 0.717) is 13.0 Å². The number of halogens is 1. The highest BCUT2D eigenvalue weighted by atomic mass is 19.1. The molecule has 0 saturated carbocycles. The third kappa shape index (κ3) is 3.65. The SMILES string of the molecule is CN(CCC(=O)c1ccccc1)c1ccc(F)cc1. The van der Waals surface area contributed by atoms with Crippen molar-refractivity contribution in [2.45, 2.75) is 6.42 Å². The number of carbonyl (C=O) groups excluding carboxylic acids is 1. The Hall–Kier alpha value is -2.16. The molecule has 0 aromatic heterocycles. The summed E-state index contributed by atoms with van der Waals surface area (Å²) in [4.78, 5) is 13.9. The summed E-state index contributed by atoms with van der Waals surface area (Å²) in [6, 6.07) is 15.5. The number of carbonyl (C=O) groups is 1. The van der Waals surface area contributed by atoms with Crippen LogP contribution in [0.3, 0.4) is 0 Å². The third-order valence-electron chi connectivity index (χ3n) is 3.04. The van der Waals surface area contributed by atoms with Crippen LogP contribution in [-0.2, 0) is 0 Å². The lowest BCUT2D eigenvalue weighted by Gasteiger charge is -2.18. The van der Waals surface area contributed by atoms with Gasteiger partial charge >= 0.3 is 0 Å². The first kappa shape index (κ1) is 13.3. The Labute approximate surface area is 112 Å². The minimum atomic E-state index is -0.252. The van der Waals surface area contributed by atoms with Crippen molar-refractivity contribution in [1.29, 1.82) is 0 Å². The van der Waals surface area contributed by atoms with E-state index in [-0.39, 0.29) is 11.6 Å². The molecular weight excluding hydrogens is 241 g/mol. The Balaban J connectivity index is 1.92. The lowest BCUT2D eigenvalue weighted by atomic mass is 10.1. The molecule has 2 nitrogen and oxygen atoms in total. The Bertz CT molecular complexity index is 536. The fraction of sp³-hybridized carbons (Fsp3) is 0.188. The van der Waals surface area contributed by atoms with Crippen LogP contribution < -0.4 is 4.90 Å². The Kier molecular flexibility index (Phi) is 4.29. The largest absolute Gasteiger partial charge is 0.374 e. The number of hydrogen-bond acceptors (Lipinski definition) is 2. The average molecular weight is 257 g/mol. The van der Waals surface area contributed by atoms with Crippen molar-refractivity contribution in [1.82, 2.24) is 0 Å². The minimum absolute atomic E-state index is 0.120. The zero-order valence-electron chi connectivity index (χ0n) is 10.8. The van der Waals surface area contributed by atoms with Gasteiger partial charge in [0.1, 0.15) is 5.82 Å². The molecule has 0 aliphatic carbocycles. The van der Waals surface area contributed by atoms with E-state index < -0.39 is 0 Å². The molecule has 0 fully saturated rings. The molecule has 2 aromatic carbocycles. The third-order valence-corrected chi connectivity index (χ3v) is 3.04. The van der Waals surface area contributed by atoms with E-state index in [0.717, 1.165) is 11.3 Å². The zero-order valence-corrected chi connectivity index (χ0v) is 10.8. The molecule has 3 heteroatoms. The smallest absolute Gasteiger partial charge is 0.164 e. The van der Waals surface area contributed by atoms with Gasteiger partial charge in [-0.2, -0.15) is 0 Å². The maximum atomic E-state index is 12.8. The maximum Gasteiger partial charge on any atom is 0.164 e. The summed E-state index contributed by atoms with van der Waals surface area (Å²) in [6.45, 7) is 0.610. The highest BCUT2D eigenvalue weighted by Gasteiger charge is 2.07. The second-order valence-electron chi connectivity index (χ2n) is 4.44. The summed E-state index contributed by atoms with van der Waals surface area (Å²) in [5.74, 6) is -0.132. The number of anilines is 1. The summed E-state index contributed by atoms with van der Waals surface area (Å²) in [6.07, 6.45) is 0.442. The molecule has 0 unspecified atom stereocenters. The van der Waals surface area contributed by atoms with Crippen LogP contribution in [0.5, 0.6) is 0 Å². The van der Waals surface area contributed by atoms with Gasteiger partial charge in [0.2, 0.25) is 0 Å². The van der Waals surface area contributed by atoms with Gasteiger partial charge in [0, 0.05) is 31.3 Å². The summed E-state index contributed by atoms with van der Waals surface area (Å²) in [5.41, 5.74) is 1.64. The molecule has 0 heterocycles. The van der Waals surface area contributed by atoms with Gasteiger partial charge in [-0.3, -0.25) is 4.79 Å². The first-order valence-corrected chi connectivity index (χ1v) is 6.22. The molecule has 2 rings (SSSR count). The monoisotopic (exact) mass is 257 g/mol. The van der Waals surface area contributed by atoms with Crippen molar-refractivity contribution in [2.75, 3.05) is 18.5 Å². The van der Waals surface area contributed by atoms with Crippen molar-refractivity contribution in [3.63, 3.8) is 0 Å². The minimum Gasteiger partial charge on any atom is -0.374 e. The highest BCUT2D eigenvalue weighted by Crippen LogP contribution is 2.14. The molecular formula is C16H16FNO. The van der Waals surface area contributed by atoms with Crippen molar-refractivity contribution in [3.05, 3.63) is 66.0 Å². The molecule has 0 saturated heterocycles. The van der Waals surface area contributed by atoms with Gasteiger partial charge in [0.05, 0.1) is 0 Å². The summed E-state index contributed by atoms with van der Waals surface area (Å²) >= 11 is 0. The van der Waals surface area contributed by atoms with Crippen LogP contribution in [0.4, 0.5) is 10.1 Å². The lowest BCUT2D eigenvalue weighted by Crippen LogP contribution is -2.21. The summed E-state index contributed by atoms with van der Waals surface area (Å²) in [5, 5.41) is 0. The fourth-order valence-electron chi connectivity index (χ4n) is 1.86. The first-order chi connectivity index (χ1) is 9.16. The van der Waals surface area contributed by atoms with Crippen LogP contribution >= 0.6 is 0 Å². The van der Waals surface area contributed by atoms with Crippen LogP contribution in [0, 0.1) is 5.82 Å². The van der Waals surface area contributed by atoms with Gasteiger partial charge in [0.25, 0.3) is 0 Å². The predicted molar refractivity (Wildman–Crippen MR) is 75.1 cm³/mol. The molecule has 98 valence electrons. The molecule has 0 N–H and O–H groups in total. The van der Waals surface area contributed by atoms with Gasteiger partial charge in [-0.25, -0.2) is 4.39 Å². The normalized spacial score (nSPS) is 10.2. The van der Waals surface area contributed by atoms with Gasteiger partial charge in [-0.15, -0.1) is 0 Å². The van der Waals surface area contributed by atoms with E-state index in [4.69, 9.17) is 0 Å². The topological polar surface area (TPSA) is 20.3 Å². The Morgan fingerprint density at radius 3 is 2.32 bits per heavy atom. The van der Waals surface area contributed by atoms with Crippen LogP contribution in [0.25, 0.3) is 0 Å². The molecule has 0 amide bonds. The zero-order chi connectivity index (χ0) is 13.7. The van der Waals surface area contributed by atoms with E-state index >= 15 is 0 Å². The molecule has 0 aliphatic heterocycles. The predicted octanol–water partition coefficient (Wildman–Crippen LogP) is 3.53. The van der Waals surface area contributed by atoms with Crippen molar-refractivity contribution < 1.29 is 9.18 Å². The molecule has 0 radical (unpaired) electrons. The molecule has 19 heavy (non-hydrogen) atoms. The van der Waals surface area contributed by atoms with E-state index in [9.17, 15) is 9.18 Å². The Morgan fingerprint density at radius 2 is 1.68 bits per heavy atom. The number of nitrogens with zero attached hydrogens (tertiary/aromatic N) is 1. The van der Waals surface area contributed by atoms with Gasteiger partial charge in [-0.05, 0) is 24.3 Å². The second kappa shape index (κ2) is 6.14. The van der Waals surface area contributed by atoms with Gasteiger partial charge in [-0.1, -0.05) is 30.3 Å².